The highest BCUT2D eigenvalue weighted by atomic mass is 16.5. The molecule has 0 fully saturated rings. The molecule has 0 aliphatic rings. The maximum Gasteiger partial charge on any atom is 0.338 e. The van der Waals surface area contributed by atoms with Crippen LogP contribution in [-0.2, 0) is 16.0 Å². The van der Waals surface area contributed by atoms with Crippen molar-refractivity contribution >= 4 is 28.5 Å². The number of aryl methyl sites for hydroxylation is 2. The van der Waals surface area contributed by atoms with Crippen LogP contribution in [0.15, 0.2) is 41.2 Å². The lowest BCUT2D eigenvalue weighted by molar-refractivity contribution is -0.116. The van der Waals surface area contributed by atoms with Gasteiger partial charge in [-0.15, -0.1) is 0 Å². The zero-order chi connectivity index (χ0) is 21.0. The molecule has 2 N–H and O–H groups in total. The monoisotopic (exact) mass is 393 g/mol. The number of esters is 1. The predicted molar refractivity (Wildman–Crippen MR) is 111 cm³/mol. The third-order valence-electron chi connectivity index (χ3n) is 4.84. The van der Waals surface area contributed by atoms with Crippen molar-refractivity contribution in [3.05, 3.63) is 69.3 Å². The van der Waals surface area contributed by atoms with E-state index < -0.39 is 5.97 Å². The Morgan fingerprint density at radius 3 is 2.69 bits per heavy atom. The number of hydrogen-bond acceptors (Lipinski definition) is 5. The summed E-state index contributed by atoms with van der Waals surface area (Å²) in [6.45, 7) is 3.71. The minimum absolute atomic E-state index is 0.174. The van der Waals surface area contributed by atoms with E-state index in [9.17, 15) is 14.4 Å². The van der Waals surface area contributed by atoms with E-state index in [1.165, 1.54) is 7.11 Å². The van der Waals surface area contributed by atoms with Crippen LogP contribution in [-0.4, -0.2) is 29.0 Å². The van der Waals surface area contributed by atoms with E-state index in [0.717, 1.165) is 11.1 Å². The quantitative estimate of drug-likeness (QED) is 0.626. The highest BCUT2D eigenvalue weighted by Crippen LogP contribution is 2.21. The minimum atomic E-state index is -0.437. The first-order valence-corrected chi connectivity index (χ1v) is 9.36. The number of anilines is 1. The first-order chi connectivity index (χ1) is 13.9. The molecule has 3 rings (SSSR count). The Bertz CT molecular complexity index is 1130. The Hall–Kier alpha value is -3.48. The van der Waals surface area contributed by atoms with Gasteiger partial charge in [0.1, 0.15) is 5.82 Å². The van der Waals surface area contributed by atoms with Crippen LogP contribution in [0.1, 0.15) is 40.2 Å². The molecular formula is C22H23N3O4. The molecule has 3 aromatic rings. The fourth-order valence-electron chi connectivity index (χ4n) is 3.15. The molecule has 1 heterocycles. The van der Waals surface area contributed by atoms with E-state index in [1.54, 1.807) is 24.3 Å². The second-order valence-electron chi connectivity index (χ2n) is 6.89. The molecule has 0 unspecified atom stereocenters. The molecule has 0 aliphatic heterocycles. The smallest absolute Gasteiger partial charge is 0.338 e. The van der Waals surface area contributed by atoms with E-state index in [1.807, 2.05) is 26.0 Å². The van der Waals surface area contributed by atoms with Crippen molar-refractivity contribution in [3.63, 3.8) is 0 Å². The number of aromatic nitrogens is 2. The maximum absolute atomic E-state index is 12.3. The number of amides is 1. The van der Waals surface area contributed by atoms with Crippen LogP contribution < -0.4 is 10.9 Å². The summed E-state index contributed by atoms with van der Waals surface area (Å²) >= 11 is 0. The van der Waals surface area contributed by atoms with Crippen molar-refractivity contribution in [2.45, 2.75) is 33.1 Å². The van der Waals surface area contributed by atoms with Gasteiger partial charge in [-0.05, 0) is 55.7 Å². The highest BCUT2D eigenvalue weighted by molar-refractivity contribution is 5.96. The minimum Gasteiger partial charge on any atom is -0.465 e. The van der Waals surface area contributed by atoms with E-state index in [0.29, 0.717) is 40.8 Å². The van der Waals surface area contributed by atoms with Crippen molar-refractivity contribution < 1.29 is 14.3 Å². The Labute approximate surface area is 168 Å². The third kappa shape index (κ3) is 4.68. The normalized spacial score (nSPS) is 10.7. The summed E-state index contributed by atoms with van der Waals surface area (Å²) in [4.78, 5) is 43.5. The summed E-state index contributed by atoms with van der Waals surface area (Å²) in [7, 11) is 1.33. The molecule has 0 aliphatic carbocycles. The number of aromatic amines is 1. The van der Waals surface area contributed by atoms with Crippen molar-refractivity contribution in [3.8, 4) is 0 Å². The third-order valence-corrected chi connectivity index (χ3v) is 4.84. The van der Waals surface area contributed by atoms with Crippen LogP contribution >= 0.6 is 0 Å². The van der Waals surface area contributed by atoms with Gasteiger partial charge in [0.25, 0.3) is 5.56 Å². The van der Waals surface area contributed by atoms with Gasteiger partial charge in [0.05, 0.1) is 23.6 Å². The fourth-order valence-corrected chi connectivity index (χ4v) is 3.15. The van der Waals surface area contributed by atoms with Crippen LogP contribution in [0.5, 0.6) is 0 Å². The van der Waals surface area contributed by atoms with Gasteiger partial charge in [-0.2, -0.15) is 0 Å². The van der Waals surface area contributed by atoms with Crippen LogP contribution in [0.3, 0.4) is 0 Å². The van der Waals surface area contributed by atoms with Crippen LogP contribution in [0.4, 0.5) is 5.69 Å². The first-order valence-electron chi connectivity index (χ1n) is 9.36. The Morgan fingerprint density at radius 1 is 1.17 bits per heavy atom. The molecule has 0 radical (unpaired) electrons. The molecular weight excluding hydrogens is 370 g/mol. The second-order valence-corrected chi connectivity index (χ2v) is 6.89. The predicted octanol–water partition coefficient (Wildman–Crippen LogP) is 3.29. The van der Waals surface area contributed by atoms with Crippen molar-refractivity contribution in [1.82, 2.24) is 9.97 Å². The lowest BCUT2D eigenvalue weighted by Gasteiger charge is -2.12. The number of rotatable bonds is 6. The summed E-state index contributed by atoms with van der Waals surface area (Å²) in [6, 6.07) is 10.6. The molecule has 0 spiro atoms. The standard InChI is InChI=1S/C22H23N3O4/c1-13-11-15(12-17(14(13)2)22(28)29-3)23-20(26)10-6-9-19-24-18-8-5-4-7-16(18)21(27)25-19/h4-5,7-8,11-12H,6,9-10H2,1-3H3,(H,23,26)(H,24,25,27). The largest absolute Gasteiger partial charge is 0.465 e. The molecule has 150 valence electrons. The van der Waals surface area contributed by atoms with Crippen molar-refractivity contribution in [1.29, 1.82) is 0 Å². The zero-order valence-electron chi connectivity index (χ0n) is 16.7. The summed E-state index contributed by atoms with van der Waals surface area (Å²) in [5.41, 5.74) is 3.15. The summed E-state index contributed by atoms with van der Waals surface area (Å²) in [5.74, 6) is -0.0547. The number of carbonyl (C=O) groups is 2. The van der Waals surface area contributed by atoms with Gasteiger partial charge >= 0.3 is 5.97 Å². The van der Waals surface area contributed by atoms with Gasteiger partial charge in [-0.1, -0.05) is 12.1 Å². The molecule has 7 heteroatoms. The number of H-pyrrole nitrogens is 1. The Balaban J connectivity index is 1.63. The number of hydrogen-bond donors (Lipinski definition) is 2. The summed E-state index contributed by atoms with van der Waals surface area (Å²) in [6.07, 6.45) is 1.27. The number of nitrogens with zero attached hydrogens (tertiary/aromatic N) is 1. The van der Waals surface area contributed by atoms with E-state index in [-0.39, 0.29) is 17.9 Å². The van der Waals surface area contributed by atoms with Crippen LogP contribution in [0, 0.1) is 13.8 Å². The first kappa shape index (κ1) is 20.3. The number of fused-ring (bicyclic) bond motifs is 1. The van der Waals surface area contributed by atoms with Gasteiger partial charge in [0, 0.05) is 18.5 Å². The van der Waals surface area contributed by atoms with Gasteiger partial charge in [0.2, 0.25) is 5.91 Å². The maximum atomic E-state index is 12.3. The topological polar surface area (TPSA) is 101 Å². The molecule has 1 amide bonds. The van der Waals surface area contributed by atoms with Crippen molar-refractivity contribution in [2.24, 2.45) is 0 Å². The molecule has 0 bridgehead atoms. The van der Waals surface area contributed by atoms with E-state index in [4.69, 9.17) is 4.74 Å². The summed E-state index contributed by atoms with van der Waals surface area (Å²) in [5, 5.41) is 3.36. The van der Waals surface area contributed by atoms with E-state index in [2.05, 4.69) is 15.3 Å². The molecule has 0 saturated carbocycles. The molecule has 29 heavy (non-hydrogen) atoms. The number of methoxy groups -OCH3 is 1. The number of ether oxygens (including phenoxy) is 1. The van der Waals surface area contributed by atoms with E-state index >= 15 is 0 Å². The number of carbonyl (C=O) groups excluding carboxylic acids is 2. The van der Waals surface area contributed by atoms with Gasteiger partial charge in [-0.25, -0.2) is 9.78 Å². The van der Waals surface area contributed by atoms with Crippen molar-refractivity contribution in [2.75, 3.05) is 12.4 Å². The Morgan fingerprint density at radius 2 is 1.93 bits per heavy atom. The van der Waals surface area contributed by atoms with Crippen LogP contribution in [0.25, 0.3) is 10.9 Å². The zero-order valence-corrected chi connectivity index (χ0v) is 16.7. The molecule has 7 nitrogen and oxygen atoms in total. The fraction of sp³-hybridized carbons (Fsp3) is 0.273. The number of para-hydroxylation sites is 1. The van der Waals surface area contributed by atoms with Gasteiger partial charge < -0.3 is 15.0 Å². The lowest BCUT2D eigenvalue weighted by Crippen LogP contribution is -2.15. The lowest BCUT2D eigenvalue weighted by atomic mass is 10.0. The molecule has 0 atom stereocenters. The van der Waals surface area contributed by atoms with Gasteiger partial charge in [0.15, 0.2) is 0 Å². The van der Waals surface area contributed by atoms with Crippen LogP contribution in [0.2, 0.25) is 0 Å². The molecule has 1 aromatic heterocycles. The SMILES string of the molecule is COC(=O)c1cc(NC(=O)CCCc2nc3ccccc3c(=O)[nH]2)cc(C)c1C. The summed E-state index contributed by atoms with van der Waals surface area (Å²) < 4.78 is 4.80. The molecule has 2 aromatic carbocycles. The Kier molecular flexibility index (Phi) is 6.07. The molecule has 0 saturated heterocycles. The average molecular weight is 393 g/mol. The van der Waals surface area contributed by atoms with Gasteiger partial charge in [-0.3, -0.25) is 9.59 Å². The number of benzene rings is 2. The average Bonchev–Trinajstić information content (AvgIpc) is 2.70. The second kappa shape index (κ2) is 8.68. The number of nitrogens with one attached hydrogen (secondary N) is 2. The highest BCUT2D eigenvalue weighted by Gasteiger charge is 2.14.